The molecule has 0 heterocycles. The van der Waals surface area contributed by atoms with Gasteiger partial charge in [0.1, 0.15) is 6.17 Å². The maximum atomic E-state index is 12.3. The average Bonchev–Trinajstić information content (AvgIpc) is 2.45. The molecule has 5 nitrogen and oxygen atoms in total. The molecule has 0 aliphatic rings. The van der Waals surface area contributed by atoms with Gasteiger partial charge in [0.15, 0.2) is 5.96 Å². The summed E-state index contributed by atoms with van der Waals surface area (Å²) in [6.07, 6.45) is 1.31. The van der Waals surface area contributed by atoms with Gasteiger partial charge in [0.05, 0.1) is 5.92 Å². The van der Waals surface area contributed by atoms with Crippen LogP contribution in [0, 0.1) is 5.92 Å². The lowest BCUT2D eigenvalue weighted by Gasteiger charge is -2.17. The van der Waals surface area contributed by atoms with E-state index < -0.39 is 0 Å². The van der Waals surface area contributed by atoms with Gasteiger partial charge in [0.25, 0.3) is 0 Å². The van der Waals surface area contributed by atoms with Crippen molar-refractivity contribution in [3.63, 3.8) is 0 Å². The predicted molar refractivity (Wildman–Crippen MR) is 91.4 cm³/mol. The summed E-state index contributed by atoms with van der Waals surface area (Å²) in [7, 11) is 0. The van der Waals surface area contributed by atoms with E-state index in [2.05, 4.69) is 36.3 Å². The summed E-state index contributed by atoms with van der Waals surface area (Å²) in [6, 6.07) is 8.21. The number of hydrogen-bond acceptors (Lipinski definition) is 2. The lowest BCUT2D eigenvalue weighted by molar-refractivity contribution is -0.122. The quantitative estimate of drug-likeness (QED) is 0.532. The van der Waals surface area contributed by atoms with Gasteiger partial charge in [-0.3, -0.25) is 4.79 Å². The minimum atomic E-state index is -0.375. The van der Waals surface area contributed by atoms with E-state index in [1.54, 1.807) is 0 Å². The van der Waals surface area contributed by atoms with Gasteiger partial charge in [0.2, 0.25) is 5.91 Å². The van der Waals surface area contributed by atoms with E-state index in [9.17, 15) is 4.79 Å². The number of nitrogens with one attached hydrogen (secondary N) is 1. The topological polar surface area (TPSA) is 93.5 Å². The maximum Gasteiger partial charge on any atom is 0.228 e. The second-order valence-corrected chi connectivity index (χ2v) is 6.05. The fourth-order valence-electron chi connectivity index (χ4n) is 2.26. The fraction of sp³-hybridized carbons (Fsp3) is 0.529. The fourth-order valence-corrected chi connectivity index (χ4v) is 2.26. The molecule has 0 aromatic heterocycles. The molecule has 22 heavy (non-hydrogen) atoms. The third-order valence-corrected chi connectivity index (χ3v) is 3.52. The van der Waals surface area contributed by atoms with Crippen LogP contribution in [0.2, 0.25) is 0 Å². The van der Waals surface area contributed by atoms with Gasteiger partial charge in [-0.05, 0) is 36.8 Å². The van der Waals surface area contributed by atoms with E-state index >= 15 is 0 Å². The van der Waals surface area contributed by atoms with Gasteiger partial charge < -0.3 is 16.8 Å². The highest BCUT2D eigenvalue weighted by Crippen LogP contribution is 2.18. The molecule has 0 aliphatic carbocycles. The summed E-state index contributed by atoms with van der Waals surface area (Å²) in [5.41, 5.74) is 13.0. The van der Waals surface area contributed by atoms with Crippen LogP contribution in [0.4, 0.5) is 0 Å². The van der Waals surface area contributed by atoms with Gasteiger partial charge in [-0.1, -0.05) is 45.0 Å². The molecular weight excluding hydrogens is 276 g/mol. The van der Waals surface area contributed by atoms with Crippen LogP contribution in [0.3, 0.4) is 0 Å². The molecule has 0 aliphatic heterocycles. The van der Waals surface area contributed by atoms with Crippen molar-refractivity contribution in [2.75, 3.05) is 0 Å². The number of benzene rings is 1. The maximum absolute atomic E-state index is 12.3. The van der Waals surface area contributed by atoms with Crippen LogP contribution in [0.25, 0.3) is 0 Å². The predicted octanol–water partition coefficient (Wildman–Crippen LogP) is 2.11. The zero-order chi connectivity index (χ0) is 16.7. The smallest absolute Gasteiger partial charge is 0.228 e. The summed E-state index contributed by atoms with van der Waals surface area (Å²) >= 11 is 0. The first-order valence-corrected chi connectivity index (χ1v) is 7.81. The Balaban J connectivity index is 2.71. The highest BCUT2D eigenvalue weighted by Gasteiger charge is 2.18. The van der Waals surface area contributed by atoms with Crippen LogP contribution in [0.1, 0.15) is 51.2 Å². The van der Waals surface area contributed by atoms with Crippen LogP contribution in [0.5, 0.6) is 0 Å². The molecule has 122 valence electrons. The number of guanidine groups is 1. The average molecular weight is 304 g/mol. The standard InChI is InChI=1S/C17H28N4O/c1-5-15(21-17(18)19)20-16(22)12(4)14-8-6-13(7-9-14)10-11(2)3/h6-9,11-12,15H,5,10H2,1-4H3,(H,20,22)(H4,18,19,21)/t12-,15+/m1/s1. The molecule has 1 aromatic rings. The van der Waals surface area contributed by atoms with Gasteiger partial charge in [0, 0.05) is 0 Å². The van der Waals surface area contributed by atoms with Crippen molar-refractivity contribution < 1.29 is 4.79 Å². The molecule has 1 rings (SSSR count). The van der Waals surface area contributed by atoms with Crippen LogP contribution in [-0.2, 0) is 11.2 Å². The first kappa shape index (κ1) is 18.0. The van der Waals surface area contributed by atoms with E-state index in [0.717, 1.165) is 12.0 Å². The van der Waals surface area contributed by atoms with E-state index in [0.29, 0.717) is 12.3 Å². The Bertz CT molecular complexity index is 504. The molecule has 5 N–H and O–H groups in total. The van der Waals surface area contributed by atoms with Gasteiger partial charge in [-0.15, -0.1) is 0 Å². The molecule has 1 amide bonds. The number of hydrogen-bond donors (Lipinski definition) is 3. The molecular formula is C17H28N4O. The van der Waals surface area contributed by atoms with E-state index in [-0.39, 0.29) is 24.0 Å². The molecule has 0 radical (unpaired) electrons. The van der Waals surface area contributed by atoms with Crippen molar-refractivity contribution >= 4 is 11.9 Å². The number of amides is 1. The minimum Gasteiger partial charge on any atom is -0.370 e. The summed E-state index contributed by atoms with van der Waals surface area (Å²) in [5.74, 6) is 0.291. The van der Waals surface area contributed by atoms with Gasteiger partial charge in [-0.25, -0.2) is 4.99 Å². The summed E-state index contributed by atoms with van der Waals surface area (Å²) in [5, 5.41) is 2.86. The zero-order valence-corrected chi connectivity index (χ0v) is 14.0. The number of nitrogens with two attached hydrogens (primary N) is 2. The van der Waals surface area contributed by atoms with Crippen LogP contribution in [-0.4, -0.2) is 18.0 Å². The van der Waals surface area contributed by atoms with Crippen molar-refractivity contribution in [2.24, 2.45) is 22.4 Å². The highest BCUT2D eigenvalue weighted by molar-refractivity contribution is 5.84. The molecule has 2 atom stereocenters. The monoisotopic (exact) mass is 304 g/mol. The molecule has 5 heteroatoms. The zero-order valence-electron chi connectivity index (χ0n) is 14.0. The Hall–Kier alpha value is -2.04. The second kappa shape index (κ2) is 8.41. The number of rotatable bonds is 7. The van der Waals surface area contributed by atoms with Crippen molar-refractivity contribution in [3.8, 4) is 0 Å². The largest absolute Gasteiger partial charge is 0.370 e. The van der Waals surface area contributed by atoms with Crippen molar-refractivity contribution in [1.82, 2.24) is 5.32 Å². The Morgan fingerprint density at radius 1 is 1.18 bits per heavy atom. The third kappa shape index (κ3) is 5.76. The minimum absolute atomic E-state index is 0.0159. The molecule has 0 spiro atoms. The summed E-state index contributed by atoms with van der Waals surface area (Å²) in [6.45, 7) is 8.19. The van der Waals surface area contributed by atoms with Crippen molar-refractivity contribution in [3.05, 3.63) is 35.4 Å². The van der Waals surface area contributed by atoms with Gasteiger partial charge in [-0.2, -0.15) is 0 Å². The molecule has 1 aromatic carbocycles. The van der Waals surface area contributed by atoms with Crippen LogP contribution in [0.15, 0.2) is 29.3 Å². The molecule has 0 bridgehead atoms. The Labute approximate surface area is 133 Å². The SMILES string of the molecule is CC[C@H](N=C(N)N)NC(=O)[C@H](C)c1ccc(CC(C)C)cc1. The number of aliphatic imine (C=N–C) groups is 1. The Morgan fingerprint density at radius 3 is 2.23 bits per heavy atom. The van der Waals surface area contributed by atoms with E-state index in [1.807, 2.05) is 26.0 Å². The van der Waals surface area contributed by atoms with Crippen LogP contribution >= 0.6 is 0 Å². The van der Waals surface area contributed by atoms with Crippen molar-refractivity contribution in [2.45, 2.75) is 52.6 Å². The van der Waals surface area contributed by atoms with Gasteiger partial charge >= 0.3 is 0 Å². The molecule has 0 saturated heterocycles. The number of nitrogens with zero attached hydrogens (tertiary/aromatic N) is 1. The molecule has 0 unspecified atom stereocenters. The third-order valence-electron chi connectivity index (χ3n) is 3.52. The second-order valence-electron chi connectivity index (χ2n) is 6.05. The summed E-state index contributed by atoms with van der Waals surface area (Å²) < 4.78 is 0. The first-order chi connectivity index (χ1) is 10.3. The Kier molecular flexibility index (Phi) is 6.89. The molecule has 0 saturated carbocycles. The summed E-state index contributed by atoms with van der Waals surface area (Å²) in [4.78, 5) is 16.3. The lowest BCUT2D eigenvalue weighted by Crippen LogP contribution is -2.38. The lowest BCUT2D eigenvalue weighted by atomic mass is 9.96. The Morgan fingerprint density at radius 2 is 1.77 bits per heavy atom. The van der Waals surface area contributed by atoms with E-state index in [4.69, 9.17) is 11.5 Å². The number of carbonyl (C=O) groups excluding carboxylic acids is 1. The number of carbonyl (C=O) groups is 1. The van der Waals surface area contributed by atoms with Crippen molar-refractivity contribution in [1.29, 1.82) is 0 Å². The van der Waals surface area contributed by atoms with Crippen LogP contribution < -0.4 is 16.8 Å². The highest BCUT2D eigenvalue weighted by atomic mass is 16.2. The molecule has 0 fully saturated rings. The van der Waals surface area contributed by atoms with E-state index in [1.165, 1.54) is 5.56 Å². The first-order valence-electron chi connectivity index (χ1n) is 7.81. The normalized spacial score (nSPS) is 13.5.